The Morgan fingerprint density at radius 2 is 2.26 bits per heavy atom. The lowest BCUT2D eigenvalue weighted by Crippen LogP contribution is -2.53. The third-order valence-electron chi connectivity index (χ3n) is 4.42. The minimum Gasteiger partial charge on any atom is -0.444 e. The number of pyridine rings is 1. The molecule has 3 rings (SSSR count). The first-order chi connectivity index (χ1) is 10.7. The molecular weight excluding hydrogens is 407 g/mol. The molecule has 1 saturated heterocycles. The van der Waals surface area contributed by atoms with Crippen LogP contribution >= 0.6 is 22.6 Å². The molecule has 0 saturated carbocycles. The van der Waals surface area contributed by atoms with Gasteiger partial charge in [-0.15, -0.1) is 0 Å². The molecule has 1 aromatic heterocycles. The number of hydrogen-bond donors (Lipinski definition) is 0. The van der Waals surface area contributed by atoms with Crippen LogP contribution in [0.3, 0.4) is 0 Å². The maximum Gasteiger partial charge on any atom is 0.410 e. The molecule has 1 aromatic rings. The first kappa shape index (κ1) is 17.0. The summed E-state index contributed by atoms with van der Waals surface area (Å²) >= 11 is 2.41. The highest BCUT2D eigenvalue weighted by atomic mass is 127. The number of aromatic nitrogens is 1. The number of ether oxygens (including phenoxy) is 2. The van der Waals surface area contributed by atoms with E-state index >= 15 is 0 Å². The number of aryl methyl sites for hydroxylation is 1. The lowest BCUT2D eigenvalue weighted by molar-refractivity contribution is -0.0715. The molecule has 2 unspecified atom stereocenters. The Balaban J connectivity index is 1.80. The van der Waals surface area contributed by atoms with Crippen molar-refractivity contribution in [2.45, 2.75) is 55.8 Å². The third-order valence-corrected chi connectivity index (χ3v) is 5.82. The Bertz CT molecular complexity index is 629. The van der Waals surface area contributed by atoms with Crippen LogP contribution < -0.4 is 0 Å². The van der Waals surface area contributed by atoms with Gasteiger partial charge in [-0.1, -0.05) is 22.6 Å². The summed E-state index contributed by atoms with van der Waals surface area (Å²) in [6.07, 6.45) is 2.38. The number of carbonyl (C=O) groups excluding carboxylic acids is 1. The van der Waals surface area contributed by atoms with E-state index in [1.165, 1.54) is 11.1 Å². The lowest BCUT2D eigenvalue weighted by Gasteiger charge is -2.43. The third kappa shape index (κ3) is 3.07. The number of piperidine rings is 1. The van der Waals surface area contributed by atoms with Gasteiger partial charge in [0.25, 0.3) is 0 Å². The minimum atomic E-state index is -0.468. The molecule has 23 heavy (non-hydrogen) atoms. The molecule has 1 amide bonds. The Hall–Kier alpha value is -0.890. The van der Waals surface area contributed by atoms with Gasteiger partial charge in [-0.25, -0.2) is 4.79 Å². The average Bonchev–Trinajstić information content (AvgIpc) is 2.81. The summed E-state index contributed by atoms with van der Waals surface area (Å²) in [7, 11) is 0. The Morgan fingerprint density at radius 3 is 2.91 bits per heavy atom. The predicted molar refractivity (Wildman–Crippen MR) is 95.7 cm³/mol. The van der Waals surface area contributed by atoms with E-state index in [4.69, 9.17) is 9.47 Å². The van der Waals surface area contributed by atoms with Crippen LogP contribution in [0, 0.1) is 6.92 Å². The Morgan fingerprint density at radius 1 is 1.52 bits per heavy atom. The van der Waals surface area contributed by atoms with E-state index in [0.717, 1.165) is 12.1 Å². The number of carbonyl (C=O) groups is 1. The topological polar surface area (TPSA) is 51.7 Å². The van der Waals surface area contributed by atoms with Gasteiger partial charge >= 0.3 is 6.09 Å². The zero-order chi connectivity index (χ0) is 16.8. The maximum absolute atomic E-state index is 12.3. The van der Waals surface area contributed by atoms with Crippen molar-refractivity contribution in [3.63, 3.8) is 0 Å². The van der Waals surface area contributed by atoms with Crippen molar-refractivity contribution < 1.29 is 14.3 Å². The van der Waals surface area contributed by atoms with Crippen LogP contribution in [-0.2, 0) is 21.7 Å². The maximum atomic E-state index is 12.3. The summed E-state index contributed by atoms with van der Waals surface area (Å²) in [5.74, 6) is 0. The van der Waals surface area contributed by atoms with Crippen molar-refractivity contribution in [1.82, 2.24) is 9.88 Å². The highest BCUT2D eigenvalue weighted by molar-refractivity contribution is 14.1. The van der Waals surface area contributed by atoms with Gasteiger partial charge in [0.15, 0.2) is 0 Å². The van der Waals surface area contributed by atoms with E-state index in [1.807, 2.05) is 33.0 Å². The second kappa shape index (κ2) is 5.88. The summed E-state index contributed by atoms with van der Waals surface area (Å²) < 4.78 is 11.9. The van der Waals surface area contributed by atoms with E-state index in [1.54, 1.807) is 4.90 Å². The first-order valence-corrected chi connectivity index (χ1v) is 9.18. The fourth-order valence-electron chi connectivity index (χ4n) is 3.40. The number of fused-ring (bicyclic) bond motifs is 2. The van der Waals surface area contributed by atoms with Crippen molar-refractivity contribution in [1.29, 1.82) is 0 Å². The van der Waals surface area contributed by atoms with Gasteiger partial charge < -0.3 is 14.4 Å². The highest BCUT2D eigenvalue weighted by Gasteiger charge is 2.51. The number of amides is 1. The minimum absolute atomic E-state index is 0.172. The fourth-order valence-corrected chi connectivity index (χ4v) is 4.68. The molecule has 2 aliphatic rings. The molecule has 1 spiro atoms. The van der Waals surface area contributed by atoms with Crippen LogP contribution in [0.2, 0.25) is 0 Å². The fraction of sp³-hybridized carbons (Fsp3) is 0.647. The van der Waals surface area contributed by atoms with Crippen LogP contribution in [0.1, 0.15) is 44.0 Å². The van der Waals surface area contributed by atoms with Gasteiger partial charge in [-0.2, -0.15) is 0 Å². The number of rotatable bonds is 0. The van der Waals surface area contributed by atoms with E-state index in [2.05, 4.69) is 34.5 Å². The predicted octanol–water partition coefficient (Wildman–Crippen LogP) is 3.56. The number of nitrogens with zero attached hydrogens (tertiary/aromatic N) is 2. The highest BCUT2D eigenvalue weighted by Crippen LogP contribution is 2.47. The molecule has 0 N–H and O–H groups in total. The number of likely N-dealkylation sites (tertiary alicyclic amines) is 1. The molecule has 5 nitrogen and oxygen atoms in total. The van der Waals surface area contributed by atoms with E-state index in [-0.39, 0.29) is 15.6 Å². The molecule has 6 heteroatoms. The van der Waals surface area contributed by atoms with Crippen LogP contribution in [0.4, 0.5) is 4.79 Å². The summed E-state index contributed by atoms with van der Waals surface area (Å²) in [5.41, 5.74) is 2.69. The molecule has 0 aliphatic carbocycles. The van der Waals surface area contributed by atoms with E-state index in [0.29, 0.717) is 19.7 Å². The second-order valence-electron chi connectivity index (χ2n) is 7.27. The number of alkyl halides is 1. The standard InChI is InChI=1S/C17H23IN2O3/c1-11-5-7-19-12-10-22-17(14(11)12)6-8-20(9-13(17)18)15(21)23-16(2,3)4/h5,7,13H,6,8-10H2,1-4H3. The quantitative estimate of drug-likeness (QED) is 0.467. The molecule has 0 bridgehead atoms. The van der Waals surface area contributed by atoms with Crippen molar-refractivity contribution in [2.75, 3.05) is 13.1 Å². The van der Waals surface area contributed by atoms with Crippen molar-refractivity contribution in [2.24, 2.45) is 0 Å². The molecule has 126 valence electrons. The Kier molecular flexibility index (Phi) is 4.33. The monoisotopic (exact) mass is 430 g/mol. The van der Waals surface area contributed by atoms with Gasteiger partial charge in [0.05, 0.1) is 16.2 Å². The molecule has 0 aromatic carbocycles. The molecule has 2 atom stereocenters. The molecule has 1 fully saturated rings. The SMILES string of the molecule is Cc1ccnc2c1C1(CCN(C(=O)OC(C)(C)C)CC1I)OC2. The van der Waals surface area contributed by atoms with Gasteiger partial charge in [0, 0.05) is 24.8 Å². The van der Waals surface area contributed by atoms with Crippen molar-refractivity contribution in [3.05, 3.63) is 29.1 Å². The lowest BCUT2D eigenvalue weighted by atomic mass is 9.83. The Labute approximate surface area is 150 Å². The summed E-state index contributed by atoms with van der Waals surface area (Å²) in [6, 6.07) is 2.04. The summed E-state index contributed by atoms with van der Waals surface area (Å²) in [4.78, 5) is 18.6. The number of hydrogen-bond acceptors (Lipinski definition) is 4. The average molecular weight is 430 g/mol. The number of halogens is 1. The van der Waals surface area contributed by atoms with Crippen LogP contribution in [0.25, 0.3) is 0 Å². The summed E-state index contributed by atoms with van der Waals surface area (Å²) in [6.45, 7) is 9.62. The van der Waals surface area contributed by atoms with Crippen LogP contribution in [0.15, 0.2) is 12.3 Å². The van der Waals surface area contributed by atoms with Gasteiger partial charge in [0.1, 0.15) is 11.2 Å². The normalized spacial score (nSPS) is 27.2. The largest absolute Gasteiger partial charge is 0.444 e. The second-order valence-corrected chi connectivity index (χ2v) is 8.78. The van der Waals surface area contributed by atoms with Crippen molar-refractivity contribution >= 4 is 28.7 Å². The van der Waals surface area contributed by atoms with Crippen LogP contribution in [0.5, 0.6) is 0 Å². The van der Waals surface area contributed by atoms with E-state index in [9.17, 15) is 4.79 Å². The molecule has 2 aliphatic heterocycles. The van der Waals surface area contributed by atoms with Gasteiger partial charge in [0.2, 0.25) is 0 Å². The van der Waals surface area contributed by atoms with Crippen molar-refractivity contribution in [3.8, 4) is 0 Å². The molecule has 3 heterocycles. The zero-order valence-corrected chi connectivity index (χ0v) is 16.2. The molecular formula is C17H23IN2O3. The molecule has 0 radical (unpaired) electrons. The first-order valence-electron chi connectivity index (χ1n) is 7.94. The summed E-state index contributed by atoms with van der Waals surface area (Å²) in [5, 5.41) is 0. The van der Waals surface area contributed by atoms with Crippen LogP contribution in [-0.4, -0.2) is 38.6 Å². The van der Waals surface area contributed by atoms with Gasteiger partial charge in [-0.3, -0.25) is 4.98 Å². The van der Waals surface area contributed by atoms with Gasteiger partial charge in [-0.05, 0) is 45.7 Å². The van der Waals surface area contributed by atoms with E-state index < -0.39 is 5.60 Å². The smallest absolute Gasteiger partial charge is 0.410 e. The zero-order valence-electron chi connectivity index (χ0n) is 14.1.